The summed E-state index contributed by atoms with van der Waals surface area (Å²) < 4.78 is 12.7. The van der Waals surface area contributed by atoms with E-state index < -0.39 is 17.9 Å². The predicted octanol–water partition coefficient (Wildman–Crippen LogP) is 6.13. The molecule has 2 heterocycles. The fourth-order valence-corrected chi connectivity index (χ4v) is 5.13. The van der Waals surface area contributed by atoms with Gasteiger partial charge >= 0.3 is 5.97 Å². The third-order valence-electron chi connectivity index (χ3n) is 7.23. The maximum atomic E-state index is 13.1. The van der Waals surface area contributed by atoms with E-state index in [9.17, 15) is 9.59 Å². The van der Waals surface area contributed by atoms with Gasteiger partial charge in [-0.15, -0.1) is 0 Å². The van der Waals surface area contributed by atoms with Gasteiger partial charge in [-0.3, -0.25) is 4.79 Å². The van der Waals surface area contributed by atoms with Gasteiger partial charge in [0, 0.05) is 23.8 Å². The van der Waals surface area contributed by atoms with Crippen molar-refractivity contribution >= 4 is 29.1 Å². The first-order chi connectivity index (χ1) is 19.0. The van der Waals surface area contributed by atoms with Crippen molar-refractivity contribution in [3.8, 4) is 16.9 Å². The van der Waals surface area contributed by atoms with Crippen molar-refractivity contribution in [2.24, 2.45) is 5.92 Å². The molecule has 1 amide bonds. The number of halogens is 1. The van der Waals surface area contributed by atoms with E-state index in [1.54, 1.807) is 10.6 Å². The third-order valence-corrected chi connectivity index (χ3v) is 7.48. The summed E-state index contributed by atoms with van der Waals surface area (Å²) in [6.07, 6.45) is 10.2. The van der Waals surface area contributed by atoms with Crippen LogP contribution in [0.4, 0.5) is 0 Å². The topological polar surface area (TPSA) is 81.9 Å². The molecule has 2 aromatic carbocycles. The monoisotopic (exact) mass is 545 g/mol. The Hall–Kier alpha value is -3.84. The highest BCUT2D eigenvalue weighted by Crippen LogP contribution is 2.25. The summed E-state index contributed by atoms with van der Waals surface area (Å²) >= 11 is 6.01. The molecule has 0 bridgehead atoms. The van der Waals surface area contributed by atoms with Gasteiger partial charge in [0.1, 0.15) is 23.1 Å². The summed E-state index contributed by atoms with van der Waals surface area (Å²) in [7, 11) is 1.31. The number of amides is 1. The minimum atomic E-state index is -0.856. The van der Waals surface area contributed by atoms with Crippen LogP contribution in [-0.2, 0) is 16.0 Å². The van der Waals surface area contributed by atoms with Crippen LogP contribution in [0.3, 0.4) is 0 Å². The first-order valence-electron chi connectivity index (χ1n) is 13.3. The number of fused-ring (bicyclic) bond motifs is 1. The molecular weight excluding hydrogens is 514 g/mol. The maximum absolute atomic E-state index is 13.1. The highest BCUT2D eigenvalue weighted by atomic mass is 35.5. The number of nitrogens with one attached hydrogen (secondary N) is 1. The fourth-order valence-electron chi connectivity index (χ4n) is 5.01. The Bertz CT molecular complexity index is 1430. The number of hydrogen-bond acceptors (Lipinski definition) is 5. The smallest absolute Gasteiger partial charge is 0.328 e. The van der Waals surface area contributed by atoms with Gasteiger partial charge in [-0.2, -0.15) is 0 Å². The number of methoxy groups -OCH3 is 1. The number of esters is 1. The summed E-state index contributed by atoms with van der Waals surface area (Å²) in [6, 6.07) is 18.1. The second-order valence-electron chi connectivity index (χ2n) is 10.0. The molecule has 202 valence electrons. The Balaban J connectivity index is 1.24. The van der Waals surface area contributed by atoms with Crippen molar-refractivity contribution in [1.82, 2.24) is 14.7 Å². The van der Waals surface area contributed by atoms with Crippen molar-refractivity contribution in [2.75, 3.05) is 13.7 Å². The van der Waals surface area contributed by atoms with Crippen LogP contribution in [-0.4, -0.2) is 41.0 Å². The van der Waals surface area contributed by atoms with E-state index in [1.165, 1.54) is 39.2 Å². The second-order valence-corrected chi connectivity index (χ2v) is 10.5. The van der Waals surface area contributed by atoms with E-state index in [0.717, 1.165) is 29.0 Å². The van der Waals surface area contributed by atoms with Crippen LogP contribution in [0.2, 0.25) is 5.02 Å². The standard InChI is InChI=1S/C31H32ClN3O4/c1-38-31(37)27(17-21-7-14-26(15-8-21)39-20-22-5-3-2-4-6-22)34-30(36)28-19-35-18-24(11-16-29(35)33-28)23-9-12-25(32)13-10-23/h7-16,18-19,22,27H,2-6,17,20H2,1H3,(H,34,36)/t27-/m0/s1. The SMILES string of the molecule is COC(=O)[C@H](Cc1ccc(OCC2CCCCC2)cc1)NC(=O)c1cn2cc(-c3ccc(Cl)cc3)ccc2n1. The molecule has 39 heavy (non-hydrogen) atoms. The number of benzene rings is 2. The number of imidazole rings is 1. The summed E-state index contributed by atoms with van der Waals surface area (Å²) in [5.41, 5.74) is 3.68. The molecule has 8 heteroatoms. The number of carbonyl (C=O) groups is 2. The van der Waals surface area contributed by atoms with E-state index in [2.05, 4.69) is 10.3 Å². The fraction of sp³-hybridized carbons (Fsp3) is 0.323. The number of aromatic nitrogens is 2. The highest BCUT2D eigenvalue weighted by molar-refractivity contribution is 6.30. The van der Waals surface area contributed by atoms with Crippen LogP contribution in [0.25, 0.3) is 16.8 Å². The summed E-state index contributed by atoms with van der Waals surface area (Å²) in [6.45, 7) is 0.737. The molecule has 0 spiro atoms. The number of pyridine rings is 1. The third kappa shape index (κ3) is 6.79. The Kier molecular flexibility index (Phi) is 8.47. The lowest BCUT2D eigenvalue weighted by Gasteiger charge is -2.21. The Labute approximate surface area is 233 Å². The lowest BCUT2D eigenvalue weighted by molar-refractivity contribution is -0.142. The van der Waals surface area contributed by atoms with E-state index in [0.29, 0.717) is 16.6 Å². The average molecular weight is 546 g/mol. The number of ether oxygens (including phenoxy) is 2. The highest BCUT2D eigenvalue weighted by Gasteiger charge is 2.24. The molecule has 4 aromatic rings. The van der Waals surface area contributed by atoms with Crippen LogP contribution in [0.15, 0.2) is 73.1 Å². The van der Waals surface area contributed by atoms with Crippen LogP contribution < -0.4 is 10.1 Å². The summed E-state index contributed by atoms with van der Waals surface area (Å²) in [5, 5.41) is 3.46. The van der Waals surface area contributed by atoms with Gasteiger partial charge in [-0.1, -0.05) is 55.1 Å². The zero-order valence-corrected chi connectivity index (χ0v) is 22.7. The molecule has 5 rings (SSSR count). The van der Waals surface area contributed by atoms with Gasteiger partial charge in [-0.05, 0) is 71.8 Å². The van der Waals surface area contributed by atoms with E-state index in [1.807, 2.05) is 66.9 Å². The van der Waals surface area contributed by atoms with Crippen LogP contribution >= 0.6 is 11.6 Å². The Morgan fingerprint density at radius 1 is 0.974 bits per heavy atom. The van der Waals surface area contributed by atoms with Gasteiger partial charge in [-0.25, -0.2) is 9.78 Å². The quantitative estimate of drug-likeness (QED) is 0.256. The van der Waals surface area contributed by atoms with Crippen molar-refractivity contribution in [2.45, 2.75) is 44.6 Å². The molecule has 1 N–H and O–H groups in total. The molecule has 1 aliphatic rings. The zero-order valence-electron chi connectivity index (χ0n) is 21.9. The van der Waals surface area contributed by atoms with Gasteiger partial charge < -0.3 is 19.2 Å². The van der Waals surface area contributed by atoms with Gasteiger partial charge in [0.05, 0.1) is 13.7 Å². The number of nitrogens with zero attached hydrogens (tertiary/aromatic N) is 2. The van der Waals surface area contributed by atoms with Gasteiger partial charge in [0.15, 0.2) is 0 Å². The summed E-state index contributed by atoms with van der Waals surface area (Å²) in [5.74, 6) is 0.468. The van der Waals surface area contributed by atoms with Crippen molar-refractivity contribution in [3.05, 3.63) is 89.3 Å². The van der Waals surface area contributed by atoms with E-state index in [4.69, 9.17) is 21.1 Å². The summed E-state index contributed by atoms with van der Waals surface area (Å²) in [4.78, 5) is 30.1. The average Bonchev–Trinajstić information content (AvgIpc) is 3.41. The minimum absolute atomic E-state index is 0.212. The minimum Gasteiger partial charge on any atom is -0.493 e. The zero-order chi connectivity index (χ0) is 27.2. The molecule has 1 fully saturated rings. The molecule has 2 aromatic heterocycles. The molecular formula is C31H32ClN3O4. The Morgan fingerprint density at radius 3 is 2.41 bits per heavy atom. The normalized spacial score (nSPS) is 14.6. The molecule has 0 unspecified atom stereocenters. The number of hydrogen-bond donors (Lipinski definition) is 1. The number of carbonyl (C=O) groups excluding carboxylic acids is 2. The molecule has 0 radical (unpaired) electrons. The molecule has 0 aliphatic heterocycles. The van der Waals surface area contributed by atoms with Crippen molar-refractivity contribution in [1.29, 1.82) is 0 Å². The second kappa shape index (κ2) is 12.3. The van der Waals surface area contributed by atoms with Gasteiger partial charge in [0.25, 0.3) is 5.91 Å². The predicted molar refractivity (Wildman–Crippen MR) is 151 cm³/mol. The largest absolute Gasteiger partial charge is 0.493 e. The molecule has 7 nitrogen and oxygen atoms in total. The first-order valence-corrected chi connectivity index (χ1v) is 13.7. The van der Waals surface area contributed by atoms with Crippen LogP contribution in [0, 0.1) is 5.92 Å². The molecule has 1 atom stereocenters. The Morgan fingerprint density at radius 2 is 1.69 bits per heavy atom. The number of rotatable bonds is 9. The lowest BCUT2D eigenvalue weighted by atomic mass is 9.90. The molecule has 1 aliphatic carbocycles. The van der Waals surface area contributed by atoms with Crippen molar-refractivity contribution < 1.29 is 19.1 Å². The van der Waals surface area contributed by atoms with E-state index in [-0.39, 0.29) is 12.1 Å². The van der Waals surface area contributed by atoms with Crippen LogP contribution in [0.1, 0.15) is 48.2 Å². The maximum Gasteiger partial charge on any atom is 0.328 e. The first kappa shape index (κ1) is 26.8. The molecule has 0 saturated heterocycles. The van der Waals surface area contributed by atoms with Crippen molar-refractivity contribution in [3.63, 3.8) is 0 Å². The lowest BCUT2D eigenvalue weighted by Crippen LogP contribution is -2.43. The van der Waals surface area contributed by atoms with Crippen LogP contribution in [0.5, 0.6) is 5.75 Å². The van der Waals surface area contributed by atoms with Gasteiger partial charge in [0.2, 0.25) is 0 Å². The molecule has 1 saturated carbocycles. The van der Waals surface area contributed by atoms with E-state index >= 15 is 0 Å².